The number of carboxylic acids is 1. The number of hydrogen-bond acceptors (Lipinski definition) is 5. The Morgan fingerprint density at radius 3 is 2.54 bits per heavy atom. The summed E-state index contributed by atoms with van der Waals surface area (Å²) in [6, 6.07) is 15.9. The third kappa shape index (κ3) is 4.07. The second-order valence-electron chi connectivity index (χ2n) is 5.45. The van der Waals surface area contributed by atoms with Crippen LogP contribution in [0.4, 0.5) is 10.5 Å². The number of carbonyl (C=O) groups is 2. The van der Waals surface area contributed by atoms with Crippen molar-refractivity contribution in [2.24, 2.45) is 0 Å². The van der Waals surface area contributed by atoms with E-state index in [9.17, 15) is 9.59 Å². The zero-order valence-electron chi connectivity index (χ0n) is 13.9. The molecule has 0 atom stereocenters. The number of aromatic nitrogens is 1. The molecule has 132 valence electrons. The summed E-state index contributed by atoms with van der Waals surface area (Å²) in [4.78, 5) is 28.5. The molecule has 0 aliphatic carbocycles. The first-order chi connectivity index (χ1) is 12.5. The van der Waals surface area contributed by atoms with Crippen LogP contribution in [0.1, 0.15) is 20.9 Å². The van der Waals surface area contributed by atoms with E-state index >= 15 is 0 Å². The lowest BCUT2D eigenvalue weighted by atomic mass is 10.2. The molecule has 2 aromatic carbocycles. The highest BCUT2D eigenvalue weighted by atomic mass is 32.1. The Hall–Kier alpha value is -3.19. The zero-order chi connectivity index (χ0) is 18.5. The number of thiazole rings is 1. The summed E-state index contributed by atoms with van der Waals surface area (Å²) >= 11 is 1.46. The van der Waals surface area contributed by atoms with Crippen molar-refractivity contribution in [3.8, 4) is 10.6 Å². The van der Waals surface area contributed by atoms with Gasteiger partial charge in [-0.2, -0.15) is 0 Å². The van der Waals surface area contributed by atoms with Gasteiger partial charge in [0, 0.05) is 5.56 Å². The van der Waals surface area contributed by atoms with Gasteiger partial charge in [-0.1, -0.05) is 42.5 Å². The quantitative estimate of drug-likeness (QED) is 0.689. The average Bonchev–Trinajstić information content (AvgIpc) is 3.02. The maximum absolute atomic E-state index is 12.0. The number of carboxylic acid groups (broad SMARTS) is 1. The highest BCUT2D eigenvalue weighted by molar-refractivity contribution is 7.15. The summed E-state index contributed by atoms with van der Waals surface area (Å²) in [6.07, 6.45) is -0.715. The Bertz CT molecular complexity index is 938. The smallest absolute Gasteiger partial charge is 0.412 e. The number of carbonyl (C=O) groups excluding carboxylic acids is 1. The Labute approximate surface area is 154 Å². The molecule has 1 heterocycles. The molecule has 26 heavy (non-hydrogen) atoms. The van der Waals surface area contributed by atoms with Gasteiger partial charge in [-0.3, -0.25) is 5.32 Å². The molecule has 0 spiro atoms. The van der Waals surface area contributed by atoms with Crippen molar-refractivity contribution in [3.63, 3.8) is 0 Å². The molecule has 3 aromatic rings. The second-order valence-corrected chi connectivity index (χ2v) is 6.53. The van der Waals surface area contributed by atoms with Gasteiger partial charge in [0.2, 0.25) is 0 Å². The molecule has 1 amide bonds. The normalized spacial score (nSPS) is 10.3. The number of hydrogen-bond donors (Lipinski definition) is 2. The third-order valence-electron chi connectivity index (χ3n) is 3.64. The van der Waals surface area contributed by atoms with Crippen LogP contribution in [0.5, 0.6) is 0 Å². The van der Waals surface area contributed by atoms with Crippen molar-refractivity contribution in [1.82, 2.24) is 4.98 Å². The molecule has 7 heteroatoms. The topological polar surface area (TPSA) is 88.5 Å². The van der Waals surface area contributed by atoms with Crippen LogP contribution in [0, 0.1) is 6.92 Å². The molecule has 0 aliphatic rings. The minimum absolute atomic E-state index is 0.00443. The van der Waals surface area contributed by atoms with E-state index in [-0.39, 0.29) is 17.9 Å². The van der Waals surface area contributed by atoms with Crippen LogP contribution < -0.4 is 5.32 Å². The van der Waals surface area contributed by atoms with Gasteiger partial charge in [-0.15, -0.1) is 11.3 Å². The van der Waals surface area contributed by atoms with E-state index < -0.39 is 12.1 Å². The zero-order valence-corrected chi connectivity index (χ0v) is 14.7. The lowest BCUT2D eigenvalue weighted by molar-refractivity contribution is 0.0698. The fourth-order valence-electron chi connectivity index (χ4n) is 2.32. The lowest BCUT2D eigenvalue weighted by Crippen LogP contribution is -2.15. The van der Waals surface area contributed by atoms with E-state index in [1.54, 1.807) is 12.1 Å². The predicted molar refractivity (Wildman–Crippen MR) is 99.5 cm³/mol. The Balaban J connectivity index is 1.65. The maximum atomic E-state index is 12.0. The standard InChI is InChI=1S/C19H16N2O4S/c1-12-16(26-17(20-12)13-7-3-2-4-8-13)11-25-19(24)21-15-10-6-5-9-14(15)18(22)23/h2-10H,11H2,1H3,(H,21,24)(H,22,23). The Morgan fingerprint density at radius 2 is 1.81 bits per heavy atom. The molecule has 0 unspecified atom stereocenters. The number of nitrogens with one attached hydrogen (secondary N) is 1. The summed E-state index contributed by atoms with van der Waals surface area (Å²) in [6.45, 7) is 1.93. The second kappa shape index (κ2) is 7.79. The van der Waals surface area contributed by atoms with E-state index in [0.717, 1.165) is 21.1 Å². The van der Waals surface area contributed by atoms with Crippen LogP contribution in [0.15, 0.2) is 54.6 Å². The van der Waals surface area contributed by atoms with Gasteiger partial charge in [0.15, 0.2) is 0 Å². The van der Waals surface area contributed by atoms with Crippen molar-refractivity contribution < 1.29 is 19.4 Å². The van der Waals surface area contributed by atoms with Crippen LogP contribution in [0.3, 0.4) is 0 Å². The molecule has 3 rings (SSSR count). The SMILES string of the molecule is Cc1nc(-c2ccccc2)sc1COC(=O)Nc1ccccc1C(=O)O. The number of aryl methyl sites for hydroxylation is 1. The number of ether oxygens (including phenoxy) is 1. The van der Waals surface area contributed by atoms with Gasteiger partial charge >= 0.3 is 12.1 Å². The molecule has 0 saturated carbocycles. The highest BCUT2D eigenvalue weighted by Gasteiger charge is 2.14. The molecular formula is C19H16N2O4S. The van der Waals surface area contributed by atoms with Gasteiger partial charge in [-0.05, 0) is 19.1 Å². The van der Waals surface area contributed by atoms with Gasteiger partial charge in [-0.25, -0.2) is 14.6 Å². The number of amides is 1. The number of benzene rings is 2. The van der Waals surface area contributed by atoms with Crippen molar-refractivity contribution in [3.05, 3.63) is 70.7 Å². The monoisotopic (exact) mass is 368 g/mol. The Morgan fingerprint density at radius 1 is 1.12 bits per heavy atom. The van der Waals surface area contributed by atoms with Crippen LogP contribution >= 0.6 is 11.3 Å². The van der Waals surface area contributed by atoms with Crippen LogP contribution in [-0.2, 0) is 11.3 Å². The summed E-state index contributed by atoms with van der Waals surface area (Å²) in [5.74, 6) is -1.12. The van der Waals surface area contributed by atoms with Gasteiger partial charge in [0.05, 0.1) is 21.8 Å². The van der Waals surface area contributed by atoms with E-state index in [0.29, 0.717) is 0 Å². The fourth-order valence-corrected chi connectivity index (χ4v) is 3.30. The number of aromatic carboxylic acids is 1. The first kappa shape index (κ1) is 17.6. The summed E-state index contributed by atoms with van der Waals surface area (Å²) in [5.41, 5.74) is 2.00. The summed E-state index contributed by atoms with van der Waals surface area (Å²) in [7, 11) is 0. The first-order valence-electron chi connectivity index (χ1n) is 7.82. The van der Waals surface area contributed by atoms with E-state index in [1.165, 1.54) is 23.5 Å². The fraction of sp³-hybridized carbons (Fsp3) is 0.105. The van der Waals surface area contributed by atoms with E-state index in [4.69, 9.17) is 9.84 Å². The number of para-hydroxylation sites is 1. The van der Waals surface area contributed by atoms with Gasteiger partial charge in [0.1, 0.15) is 11.6 Å². The van der Waals surface area contributed by atoms with Crippen molar-refractivity contribution in [1.29, 1.82) is 0 Å². The minimum Gasteiger partial charge on any atom is -0.478 e. The van der Waals surface area contributed by atoms with E-state index in [2.05, 4.69) is 10.3 Å². The predicted octanol–water partition coefficient (Wildman–Crippen LogP) is 4.57. The van der Waals surface area contributed by atoms with E-state index in [1.807, 2.05) is 37.3 Å². The summed E-state index contributed by atoms with van der Waals surface area (Å²) in [5, 5.41) is 12.5. The van der Waals surface area contributed by atoms with Crippen molar-refractivity contribution in [2.75, 3.05) is 5.32 Å². The first-order valence-corrected chi connectivity index (χ1v) is 8.64. The average molecular weight is 368 g/mol. The lowest BCUT2D eigenvalue weighted by Gasteiger charge is -2.08. The van der Waals surface area contributed by atoms with Crippen LogP contribution in [0.2, 0.25) is 0 Å². The highest BCUT2D eigenvalue weighted by Crippen LogP contribution is 2.28. The van der Waals surface area contributed by atoms with Crippen LogP contribution in [0.25, 0.3) is 10.6 Å². The van der Waals surface area contributed by atoms with Crippen molar-refractivity contribution >= 4 is 29.1 Å². The molecule has 0 bridgehead atoms. The maximum Gasteiger partial charge on any atom is 0.412 e. The summed E-state index contributed by atoms with van der Waals surface area (Å²) < 4.78 is 5.22. The van der Waals surface area contributed by atoms with Gasteiger partial charge in [0.25, 0.3) is 0 Å². The molecule has 0 radical (unpaired) electrons. The molecule has 0 saturated heterocycles. The molecule has 1 aromatic heterocycles. The largest absolute Gasteiger partial charge is 0.478 e. The molecule has 0 aliphatic heterocycles. The van der Waals surface area contributed by atoms with Crippen LogP contribution in [-0.4, -0.2) is 22.2 Å². The number of nitrogens with zero attached hydrogens (tertiary/aromatic N) is 1. The van der Waals surface area contributed by atoms with Gasteiger partial charge < -0.3 is 9.84 Å². The third-order valence-corrected chi connectivity index (χ3v) is 4.82. The number of anilines is 1. The molecule has 6 nitrogen and oxygen atoms in total. The van der Waals surface area contributed by atoms with Crippen molar-refractivity contribution in [2.45, 2.75) is 13.5 Å². The molecular weight excluding hydrogens is 352 g/mol. The molecule has 2 N–H and O–H groups in total. The Kier molecular flexibility index (Phi) is 5.28. The minimum atomic E-state index is -1.12. The number of rotatable bonds is 5. The molecule has 0 fully saturated rings.